The van der Waals surface area contributed by atoms with Gasteiger partial charge in [0.05, 0.1) is 18.3 Å². The number of methoxy groups -OCH3 is 1. The minimum absolute atomic E-state index is 0.0545. The number of carbonyl (C=O) groups is 5. The van der Waals surface area contributed by atoms with E-state index >= 15 is 0 Å². The molecule has 2 aliphatic rings. The van der Waals surface area contributed by atoms with Gasteiger partial charge in [-0.3, -0.25) is 24.0 Å². The first-order chi connectivity index (χ1) is 20.9. The van der Waals surface area contributed by atoms with Gasteiger partial charge in [-0.15, -0.1) is 0 Å². The van der Waals surface area contributed by atoms with Gasteiger partial charge < -0.3 is 4.74 Å². The van der Waals surface area contributed by atoms with E-state index in [1.165, 1.54) is 6.08 Å². The average Bonchev–Trinajstić information content (AvgIpc) is 3.43. The first-order valence-electron chi connectivity index (χ1n) is 13.6. The van der Waals surface area contributed by atoms with Crippen LogP contribution in [0.2, 0.25) is 0 Å². The van der Waals surface area contributed by atoms with Gasteiger partial charge in [0.15, 0.2) is 23.1 Å². The number of aldehydes is 1. The van der Waals surface area contributed by atoms with Crippen molar-refractivity contribution < 1.29 is 28.7 Å². The SMILES string of the molecule is COc1ccc(-c2ccc3c(c2)C(=O)C(=CCC=CC=C2C(=O)c4ccc(-c5ccc(C=O)cc5)cc4C2=O)C3=O)cc1. The van der Waals surface area contributed by atoms with Gasteiger partial charge in [-0.1, -0.05) is 66.8 Å². The van der Waals surface area contributed by atoms with Crippen molar-refractivity contribution in [1.82, 2.24) is 0 Å². The molecule has 0 saturated heterocycles. The van der Waals surface area contributed by atoms with Gasteiger partial charge in [0.2, 0.25) is 0 Å². The minimum atomic E-state index is -0.362. The Morgan fingerprint density at radius 1 is 0.581 bits per heavy atom. The molecule has 0 heterocycles. The number of Topliss-reactive ketones (excluding diaryl/α,β-unsaturated/α-hetero) is 4. The number of carbonyl (C=O) groups excluding carboxylic acids is 5. The van der Waals surface area contributed by atoms with Gasteiger partial charge in [0.25, 0.3) is 0 Å². The molecule has 43 heavy (non-hydrogen) atoms. The van der Waals surface area contributed by atoms with Crippen LogP contribution in [0.1, 0.15) is 58.2 Å². The summed E-state index contributed by atoms with van der Waals surface area (Å²) in [5.41, 5.74) is 5.45. The van der Waals surface area contributed by atoms with Crippen molar-refractivity contribution in [2.75, 3.05) is 7.11 Å². The second-order valence-corrected chi connectivity index (χ2v) is 10.2. The maximum absolute atomic E-state index is 13.1. The molecule has 0 bridgehead atoms. The van der Waals surface area contributed by atoms with Crippen LogP contribution in [0.3, 0.4) is 0 Å². The maximum Gasteiger partial charge on any atom is 0.197 e. The third-order valence-electron chi connectivity index (χ3n) is 7.66. The lowest BCUT2D eigenvalue weighted by Crippen LogP contribution is -2.00. The zero-order valence-corrected chi connectivity index (χ0v) is 23.1. The Bertz CT molecular complexity index is 1940. The van der Waals surface area contributed by atoms with E-state index in [0.717, 1.165) is 34.3 Å². The molecule has 4 aromatic carbocycles. The summed E-state index contributed by atoms with van der Waals surface area (Å²) in [5, 5.41) is 0. The Labute approximate surface area is 247 Å². The Kier molecular flexibility index (Phi) is 7.18. The molecule has 6 nitrogen and oxygen atoms in total. The molecule has 0 amide bonds. The van der Waals surface area contributed by atoms with Crippen molar-refractivity contribution in [3.8, 4) is 28.0 Å². The molecular formula is C37H24O6. The molecule has 208 valence electrons. The molecule has 0 saturated carbocycles. The summed E-state index contributed by atoms with van der Waals surface area (Å²) in [6.07, 6.45) is 7.35. The summed E-state index contributed by atoms with van der Waals surface area (Å²) in [4.78, 5) is 62.9. The van der Waals surface area contributed by atoms with E-state index in [1.54, 1.807) is 79.9 Å². The number of hydrogen-bond acceptors (Lipinski definition) is 6. The summed E-state index contributed by atoms with van der Waals surface area (Å²) in [7, 11) is 1.59. The van der Waals surface area contributed by atoms with E-state index in [0.29, 0.717) is 27.8 Å². The van der Waals surface area contributed by atoms with E-state index < -0.39 is 0 Å². The van der Waals surface area contributed by atoms with Crippen molar-refractivity contribution in [3.63, 3.8) is 0 Å². The van der Waals surface area contributed by atoms with Crippen LogP contribution in [0.15, 0.2) is 120 Å². The van der Waals surface area contributed by atoms with Crippen molar-refractivity contribution in [2.24, 2.45) is 0 Å². The lowest BCUT2D eigenvalue weighted by atomic mass is 9.99. The predicted octanol–water partition coefficient (Wildman–Crippen LogP) is 7.10. The second-order valence-electron chi connectivity index (χ2n) is 10.2. The number of ketones is 4. The number of benzene rings is 4. The molecule has 0 aliphatic heterocycles. The fourth-order valence-corrected chi connectivity index (χ4v) is 5.31. The third-order valence-corrected chi connectivity index (χ3v) is 7.66. The Morgan fingerprint density at radius 2 is 1.07 bits per heavy atom. The molecular weight excluding hydrogens is 540 g/mol. The highest BCUT2D eigenvalue weighted by Gasteiger charge is 2.34. The topological polar surface area (TPSA) is 94.6 Å². The smallest absolute Gasteiger partial charge is 0.197 e. The molecule has 0 radical (unpaired) electrons. The van der Waals surface area contributed by atoms with Gasteiger partial charge in [-0.2, -0.15) is 0 Å². The Morgan fingerprint density at radius 3 is 1.63 bits per heavy atom. The van der Waals surface area contributed by atoms with Crippen LogP contribution in [-0.4, -0.2) is 36.5 Å². The van der Waals surface area contributed by atoms with Crippen molar-refractivity contribution in [3.05, 3.63) is 148 Å². The summed E-state index contributed by atoms with van der Waals surface area (Å²) in [6, 6.07) is 24.8. The summed E-state index contributed by atoms with van der Waals surface area (Å²) in [5.74, 6) is -0.630. The molecule has 0 spiro atoms. The largest absolute Gasteiger partial charge is 0.497 e. The quantitative estimate of drug-likeness (QED) is 0.135. The second kappa shape index (κ2) is 11.3. The molecule has 6 heteroatoms. The van der Waals surface area contributed by atoms with Crippen LogP contribution in [-0.2, 0) is 0 Å². The molecule has 0 atom stereocenters. The first-order valence-corrected chi connectivity index (χ1v) is 13.6. The number of allylic oxidation sites excluding steroid dienone is 6. The van der Waals surface area contributed by atoms with Crippen LogP contribution in [0.5, 0.6) is 5.75 Å². The number of rotatable bonds is 7. The van der Waals surface area contributed by atoms with Crippen LogP contribution < -0.4 is 4.74 Å². The maximum atomic E-state index is 13.1. The van der Waals surface area contributed by atoms with Crippen molar-refractivity contribution >= 4 is 29.4 Å². The molecule has 0 fully saturated rings. The molecule has 0 N–H and O–H groups in total. The van der Waals surface area contributed by atoms with Gasteiger partial charge in [-0.05, 0) is 71.1 Å². The van der Waals surface area contributed by atoms with E-state index in [-0.39, 0.29) is 40.7 Å². The van der Waals surface area contributed by atoms with Gasteiger partial charge in [-0.25, -0.2) is 0 Å². The Hall–Kier alpha value is -5.75. The van der Waals surface area contributed by atoms with E-state index in [2.05, 4.69) is 0 Å². The normalized spacial score (nSPS) is 15.9. The number of fused-ring (bicyclic) bond motifs is 2. The van der Waals surface area contributed by atoms with E-state index in [9.17, 15) is 24.0 Å². The van der Waals surface area contributed by atoms with Crippen LogP contribution >= 0.6 is 0 Å². The number of hydrogen-bond donors (Lipinski definition) is 0. The van der Waals surface area contributed by atoms with E-state index in [1.807, 2.05) is 30.3 Å². The monoisotopic (exact) mass is 564 g/mol. The standard InChI is InChI=1S/C37H24O6/c1-43-27-15-11-24(12-16-27)26-14-18-29-33(20-26)37(42)31(35(29)40)6-4-2-3-5-30-34(39)28-17-13-25(19-32(28)36(30)41)23-9-7-22(21-38)8-10-23/h2-3,5-21H,4H2,1H3. The zero-order chi connectivity index (χ0) is 30.1. The van der Waals surface area contributed by atoms with Gasteiger partial charge >= 0.3 is 0 Å². The molecule has 0 aromatic heterocycles. The fraction of sp³-hybridized carbons (Fsp3) is 0.0541. The van der Waals surface area contributed by atoms with Crippen LogP contribution in [0, 0.1) is 0 Å². The van der Waals surface area contributed by atoms with Gasteiger partial charge in [0, 0.05) is 27.8 Å². The third kappa shape index (κ3) is 5.00. The summed E-state index contributed by atoms with van der Waals surface area (Å²) >= 11 is 0. The molecule has 4 aromatic rings. The van der Waals surface area contributed by atoms with Crippen molar-refractivity contribution in [2.45, 2.75) is 6.42 Å². The minimum Gasteiger partial charge on any atom is -0.497 e. The van der Waals surface area contributed by atoms with Crippen molar-refractivity contribution in [1.29, 1.82) is 0 Å². The Balaban J connectivity index is 1.15. The highest BCUT2D eigenvalue weighted by molar-refractivity contribution is 6.40. The lowest BCUT2D eigenvalue weighted by Gasteiger charge is -2.05. The molecule has 6 rings (SSSR count). The predicted molar refractivity (Wildman–Crippen MR) is 163 cm³/mol. The van der Waals surface area contributed by atoms with E-state index in [4.69, 9.17) is 4.74 Å². The number of ether oxygens (including phenoxy) is 1. The molecule has 2 aliphatic carbocycles. The fourth-order valence-electron chi connectivity index (χ4n) is 5.31. The molecule has 0 unspecified atom stereocenters. The summed E-state index contributed by atoms with van der Waals surface area (Å²) < 4.78 is 5.20. The highest BCUT2D eigenvalue weighted by atomic mass is 16.5. The summed E-state index contributed by atoms with van der Waals surface area (Å²) in [6.45, 7) is 0. The van der Waals surface area contributed by atoms with Crippen LogP contribution in [0.4, 0.5) is 0 Å². The first kappa shape index (κ1) is 27.4. The highest BCUT2D eigenvalue weighted by Crippen LogP contribution is 2.33. The van der Waals surface area contributed by atoms with Gasteiger partial charge in [0.1, 0.15) is 12.0 Å². The van der Waals surface area contributed by atoms with Crippen LogP contribution in [0.25, 0.3) is 22.3 Å². The lowest BCUT2D eigenvalue weighted by molar-refractivity contribution is 0.0973. The average molecular weight is 565 g/mol. The zero-order valence-electron chi connectivity index (χ0n) is 23.1.